The molecule has 4 heteroatoms. The maximum atomic E-state index is 13.4. The quantitative estimate of drug-likeness (QED) is 0.811. The Morgan fingerprint density at radius 2 is 2.07 bits per heavy atom. The molecule has 2 nitrogen and oxygen atoms in total. The molecule has 0 N–H and O–H groups in total. The van der Waals surface area contributed by atoms with Crippen molar-refractivity contribution in [1.82, 2.24) is 4.90 Å². The van der Waals surface area contributed by atoms with Gasteiger partial charge in [-0.15, -0.1) is 0 Å². The predicted octanol–water partition coefficient (Wildman–Crippen LogP) is 3.07. The summed E-state index contributed by atoms with van der Waals surface area (Å²) >= 11 is 3.15. The van der Waals surface area contributed by atoms with Crippen LogP contribution in [0.4, 0.5) is 4.39 Å². The van der Waals surface area contributed by atoms with Crippen molar-refractivity contribution < 1.29 is 9.18 Å². The summed E-state index contributed by atoms with van der Waals surface area (Å²) in [6.45, 7) is 3.77. The van der Waals surface area contributed by atoms with Crippen LogP contribution in [0.5, 0.6) is 0 Å². The first kappa shape index (κ1) is 12.2. The zero-order chi connectivity index (χ0) is 11.6. The second-order valence-electron chi connectivity index (χ2n) is 3.63. The Morgan fingerprint density at radius 3 is 2.53 bits per heavy atom. The van der Waals surface area contributed by atoms with E-state index in [9.17, 15) is 9.18 Å². The molecule has 0 aliphatic heterocycles. The predicted molar refractivity (Wildman–Crippen MR) is 61.3 cm³/mol. The van der Waals surface area contributed by atoms with Gasteiger partial charge in [0.1, 0.15) is 5.82 Å². The molecule has 15 heavy (non-hydrogen) atoms. The van der Waals surface area contributed by atoms with E-state index in [0.717, 1.165) is 0 Å². The monoisotopic (exact) mass is 273 g/mol. The van der Waals surface area contributed by atoms with Gasteiger partial charge in [0.25, 0.3) is 5.91 Å². The maximum Gasteiger partial charge on any atom is 0.256 e. The number of amides is 1. The minimum absolute atomic E-state index is 0.0561. The summed E-state index contributed by atoms with van der Waals surface area (Å²) in [6, 6.07) is 4.49. The van der Waals surface area contributed by atoms with Crippen LogP contribution in [0.25, 0.3) is 0 Å². The zero-order valence-electron chi connectivity index (χ0n) is 8.92. The molecular weight excluding hydrogens is 261 g/mol. The van der Waals surface area contributed by atoms with E-state index in [2.05, 4.69) is 15.9 Å². The van der Waals surface area contributed by atoms with Gasteiger partial charge in [-0.1, -0.05) is 15.9 Å². The lowest BCUT2D eigenvalue weighted by atomic mass is 10.1. The van der Waals surface area contributed by atoms with Crippen molar-refractivity contribution in [3.63, 3.8) is 0 Å². The lowest BCUT2D eigenvalue weighted by Gasteiger charge is -2.21. The average molecular weight is 274 g/mol. The fourth-order valence-electron chi connectivity index (χ4n) is 1.09. The number of nitrogens with zero attached hydrogens (tertiary/aromatic N) is 1. The second kappa shape index (κ2) is 4.75. The summed E-state index contributed by atoms with van der Waals surface area (Å²) in [7, 11) is 1.66. The van der Waals surface area contributed by atoms with Crippen LogP contribution in [0.2, 0.25) is 0 Å². The summed E-state index contributed by atoms with van der Waals surface area (Å²) in [6.07, 6.45) is 0. The number of benzene rings is 1. The van der Waals surface area contributed by atoms with Crippen molar-refractivity contribution in [3.05, 3.63) is 34.1 Å². The second-order valence-corrected chi connectivity index (χ2v) is 4.55. The molecule has 1 amide bonds. The standard InChI is InChI=1S/C11H13BrFNO/c1-7(2)14(3)11(15)9-5-4-8(12)6-10(9)13/h4-7H,1-3H3. The molecule has 1 aromatic carbocycles. The zero-order valence-corrected chi connectivity index (χ0v) is 10.5. The van der Waals surface area contributed by atoms with E-state index in [1.807, 2.05) is 13.8 Å². The molecule has 0 saturated heterocycles. The lowest BCUT2D eigenvalue weighted by molar-refractivity contribution is 0.0750. The Morgan fingerprint density at radius 1 is 1.47 bits per heavy atom. The van der Waals surface area contributed by atoms with E-state index in [1.165, 1.54) is 17.0 Å². The molecule has 0 spiro atoms. The highest BCUT2D eigenvalue weighted by atomic mass is 79.9. The third-order valence-electron chi connectivity index (χ3n) is 2.26. The fraction of sp³-hybridized carbons (Fsp3) is 0.364. The molecule has 1 aromatic rings. The highest BCUT2D eigenvalue weighted by molar-refractivity contribution is 9.10. The number of halogens is 2. The smallest absolute Gasteiger partial charge is 0.256 e. The molecule has 0 bridgehead atoms. The van der Waals surface area contributed by atoms with Crippen LogP contribution in [0, 0.1) is 5.82 Å². The largest absolute Gasteiger partial charge is 0.339 e. The van der Waals surface area contributed by atoms with E-state index in [4.69, 9.17) is 0 Å². The Balaban J connectivity index is 3.01. The van der Waals surface area contributed by atoms with Gasteiger partial charge < -0.3 is 4.90 Å². The van der Waals surface area contributed by atoms with Gasteiger partial charge in [0.15, 0.2) is 0 Å². The first-order valence-corrected chi connectivity index (χ1v) is 5.45. The summed E-state index contributed by atoms with van der Waals surface area (Å²) < 4.78 is 14.1. The third-order valence-corrected chi connectivity index (χ3v) is 2.75. The molecule has 0 fully saturated rings. The van der Waals surface area contributed by atoms with Gasteiger partial charge in [-0.25, -0.2) is 4.39 Å². The molecule has 0 saturated carbocycles. The first-order chi connectivity index (χ1) is 6.93. The minimum Gasteiger partial charge on any atom is -0.339 e. The van der Waals surface area contributed by atoms with Crippen LogP contribution in [-0.2, 0) is 0 Å². The van der Waals surface area contributed by atoms with Crippen molar-refractivity contribution in [2.45, 2.75) is 19.9 Å². The number of carbonyl (C=O) groups is 1. The number of hydrogen-bond acceptors (Lipinski definition) is 1. The Labute approximate surface area is 97.2 Å². The summed E-state index contributed by atoms with van der Waals surface area (Å²) in [5.41, 5.74) is 0.106. The molecular formula is C11H13BrFNO. The summed E-state index contributed by atoms with van der Waals surface area (Å²) in [4.78, 5) is 13.3. The fourth-order valence-corrected chi connectivity index (χ4v) is 1.42. The highest BCUT2D eigenvalue weighted by Gasteiger charge is 2.17. The van der Waals surface area contributed by atoms with Crippen molar-refractivity contribution in [2.24, 2.45) is 0 Å². The molecule has 0 radical (unpaired) electrons. The third kappa shape index (κ3) is 2.78. The Bertz CT molecular complexity index is 379. The lowest BCUT2D eigenvalue weighted by Crippen LogP contribution is -2.33. The molecule has 0 aliphatic rings. The van der Waals surface area contributed by atoms with Crippen LogP contribution >= 0.6 is 15.9 Å². The van der Waals surface area contributed by atoms with Crippen molar-refractivity contribution in [1.29, 1.82) is 0 Å². The molecule has 82 valence electrons. The van der Waals surface area contributed by atoms with Crippen LogP contribution in [0.1, 0.15) is 24.2 Å². The first-order valence-electron chi connectivity index (χ1n) is 4.65. The van der Waals surface area contributed by atoms with E-state index in [0.29, 0.717) is 4.47 Å². The van der Waals surface area contributed by atoms with E-state index >= 15 is 0 Å². The van der Waals surface area contributed by atoms with E-state index < -0.39 is 5.82 Å². The van der Waals surface area contributed by atoms with E-state index in [1.54, 1.807) is 13.1 Å². The summed E-state index contributed by atoms with van der Waals surface area (Å²) in [5.74, 6) is -0.795. The molecule has 0 aromatic heterocycles. The maximum absolute atomic E-state index is 13.4. The highest BCUT2D eigenvalue weighted by Crippen LogP contribution is 2.17. The minimum atomic E-state index is -0.498. The molecule has 0 aliphatic carbocycles. The van der Waals surface area contributed by atoms with Crippen LogP contribution in [-0.4, -0.2) is 23.9 Å². The molecule has 1 rings (SSSR count). The molecule has 0 heterocycles. The van der Waals surface area contributed by atoms with Gasteiger partial charge in [0, 0.05) is 17.6 Å². The van der Waals surface area contributed by atoms with Gasteiger partial charge in [-0.3, -0.25) is 4.79 Å². The average Bonchev–Trinajstić information content (AvgIpc) is 2.15. The SMILES string of the molecule is CC(C)N(C)C(=O)c1ccc(Br)cc1F. The van der Waals surface area contributed by atoms with Crippen LogP contribution in [0.15, 0.2) is 22.7 Å². The number of carbonyl (C=O) groups excluding carboxylic acids is 1. The van der Waals surface area contributed by atoms with Gasteiger partial charge in [0.2, 0.25) is 0 Å². The summed E-state index contributed by atoms with van der Waals surface area (Å²) in [5, 5.41) is 0. The van der Waals surface area contributed by atoms with E-state index in [-0.39, 0.29) is 17.5 Å². The number of hydrogen-bond donors (Lipinski definition) is 0. The molecule has 0 atom stereocenters. The van der Waals surface area contributed by atoms with Gasteiger partial charge >= 0.3 is 0 Å². The number of rotatable bonds is 2. The van der Waals surface area contributed by atoms with Gasteiger partial charge in [-0.05, 0) is 32.0 Å². The van der Waals surface area contributed by atoms with Gasteiger partial charge in [0.05, 0.1) is 5.56 Å². The molecule has 0 unspecified atom stereocenters. The van der Waals surface area contributed by atoms with Crippen LogP contribution < -0.4 is 0 Å². The van der Waals surface area contributed by atoms with Crippen LogP contribution in [0.3, 0.4) is 0 Å². The van der Waals surface area contributed by atoms with Gasteiger partial charge in [-0.2, -0.15) is 0 Å². The Kier molecular flexibility index (Phi) is 3.85. The normalized spacial score (nSPS) is 10.5. The van der Waals surface area contributed by atoms with Crippen molar-refractivity contribution in [2.75, 3.05) is 7.05 Å². The van der Waals surface area contributed by atoms with Crippen molar-refractivity contribution in [3.8, 4) is 0 Å². The van der Waals surface area contributed by atoms with Crippen molar-refractivity contribution >= 4 is 21.8 Å². The Hall–Kier alpha value is -0.900. The topological polar surface area (TPSA) is 20.3 Å².